The lowest BCUT2D eigenvalue weighted by molar-refractivity contribution is 0.660. The number of aromatic nitrogens is 3. The number of nitriles is 1. The molecule has 10 rings (SSSR count). The van der Waals surface area contributed by atoms with Gasteiger partial charge in [-0.15, -0.1) is 0 Å². The Morgan fingerprint density at radius 2 is 0.881 bits per heavy atom. The molecule has 0 saturated carbocycles. The highest BCUT2D eigenvalue weighted by molar-refractivity contribution is 5.87. The van der Waals surface area contributed by atoms with Gasteiger partial charge in [-0.3, -0.25) is 4.98 Å². The van der Waals surface area contributed by atoms with Crippen LogP contribution in [0.5, 0.6) is 0 Å². The molecule has 7 aromatic carbocycles. The lowest BCUT2D eigenvalue weighted by atomic mass is 9.81. The number of pyridine rings is 1. The van der Waals surface area contributed by atoms with Crippen LogP contribution in [0.1, 0.15) is 30.5 Å². The molecule has 2 heterocycles. The maximum absolute atomic E-state index is 9.72. The second kappa shape index (κ2) is 14.6. The van der Waals surface area contributed by atoms with Crippen LogP contribution in [0.2, 0.25) is 0 Å². The molecule has 9 aromatic rings. The van der Waals surface area contributed by atoms with Crippen LogP contribution in [0.3, 0.4) is 0 Å². The van der Waals surface area contributed by atoms with E-state index in [-0.39, 0.29) is 5.41 Å². The fourth-order valence-corrected chi connectivity index (χ4v) is 8.39. The van der Waals surface area contributed by atoms with Crippen molar-refractivity contribution in [3.8, 4) is 95.7 Å². The summed E-state index contributed by atoms with van der Waals surface area (Å²) in [6.45, 7) is 4.51. The monoisotopic (exact) mass is 754 g/mol. The minimum atomic E-state index is -0.266. The van der Waals surface area contributed by atoms with Gasteiger partial charge in [0.2, 0.25) is 0 Å². The molecule has 4 nitrogen and oxygen atoms in total. The van der Waals surface area contributed by atoms with E-state index in [1.165, 1.54) is 27.8 Å². The summed E-state index contributed by atoms with van der Waals surface area (Å²) < 4.78 is 0. The van der Waals surface area contributed by atoms with Crippen LogP contribution in [0, 0.1) is 11.3 Å². The van der Waals surface area contributed by atoms with E-state index >= 15 is 0 Å². The Morgan fingerprint density at radius 3 is 1.53 bits per heavy atom. The largest absolute Gasteiger partial charge is 0.256 e. The van der Waals surface area contributed by atoms with E-state index in [0.717, 1.165) is 67.2 Å². The van der Waals surface area contributed by atoms with E-state index in [1.807, 2.05) is 54.7 Å². The Bertz CT molecular complexity index is 3040. The second-order valence-electron chi connectivity index (χ2n) is 15.6. The summed E-state index contributed by atoms with van der Waals surface area (Å²) in [4.78, 5) is 15.0. The average Bonchev–Trinajstić information content (AvgIpc) is 3.54. The third-order valence-corrected chi connectivity index (χ3v) is 11.6. The van der Waals surface area contributed by atoms with E-state index in [0.29, 0.717) is 11.4 Å². The van der Waals surface area contributed by atoms with Crippen molar-refractivity contribution in [1.82, 2.24) is 15.0 Å². The maximum Gasteiger partial charge on any atom is 0.160 e. The number of rotatable bonds is 7. The summed E-state index contributed by atoms with van der Waals surface area (Å²) in [6.07, 6.45) is 1.83. The molecule has 0 saturated heterocycles. The molecule has 1 aliphatic carbocycles. The lowest BCUT2D eigenvalue weighted by Gasteiger charge is -2.22. The predicted molar refractivity (Wildman–Crippen MR) is 240 cm³/mol. The van der Waals surface area contributed by atoms with E-state index in [4.69, 9.17) is 9.97 Å². The Kier molecular flexibility index (Phi) is 8.85. The van der Waals surface area contributed by atoms with Crippen LogP contribution >= 0.6 is 0 Å². The Balaban J connectivity index is 1.13. The van der Waals surface area contributed by atoms with Crippen molar-refractivity contribution in [2.75, 3.05) is 0 Å². The molecule has 2 aromatic heterocycles. The van der Waals surface area contributed by atoms with Crippen molar-refractivity contribution in [2.45, 2.75) is 19.3 Å². The molecule has 0 bridgehead atoms. The molecule has 0 aliphatic heterocycles. The van der Waals surface area contributed by atoms with Gasteiger partial charge in [-0.25, -0.2) is 9.97 Å². The molecule has 0 unspecified atom stereocenters. The number of benzene rings is 7. The number of hydrogen-bond donors (Lipinski definition) is 0. The molecule has 0 spiro atoms. The molecule has 0 amide bonds. The van der Waals surface area contributed by atoms with Gasteiger partial charge in [0.05, 0.1) is 28.7 Å². The van der Waals surface area contributed by atoms with Crippen LogP contribution in [0.4, 0.5) is 0 Å². The zero-order valence-corrected chi connectivity index (χ0v) is 32.8. The van der Waals surface area contributed by atoms with E-state index < -0.39 is 0 Å². The summed E-state index contributed by atoms with van der Waals surface area (Å²) in [5, 5.41) is 9.72. The maximum atomic E-state index is 9.72. The second-order valence-corrected chi connectivity index (χ2v) is 15.6. The quantitative estimate of drug-likeness (QED) is 0.163. The van der Waals surface area contributed by atoms with E-state index in [9.17, 15) is 5.26 Å². The van der Waals surface area contributed by atoms with Crippen molar-refractivity contribution >= 4 is 0 Å². The van der Waals surface area contributed by atoms with Gasteiger partial charge in [-0.2, -0.15) is 5.26 Å². The zero-order chi connectivity index (χ0) is 39.9. The summed E-state index contributed by atoms with van der Waals surface area (Å²) in [5.41, 5.74) is 18.7. The van der Waals surface area contributed by atoms with Gasteiger partial charge in [0.25, 0.3) is 0 Å². The average molecular weight is 755 g/mol. The van der Waals surface area contributed by atoms with Crippen LogP contribution in [-0.4, -0.2) is 15.0 Å². The van der Waals surface area contributed by atoms with Crippen LogP contribution in [0.15, 0.2) is 194 Å². The van der Waals surface area contributed by atoms with Crippen molar-refractivity contribution < 1.29 is 0 Å². The lowest BCUT2D eigenvalue weighted by Crippen LogP contribution is -2.15. The van der Waals surface area contributed by atoms with Crippen LogP contribution in [-0.2, 0) is 5.41 Å². The van der Waals surface area contributed by atoms with Gasteiger partial charge in [-0.1, -0.05) is 147 Å². The molecule has 278 valence electrons. The molecule has 0 radical (unpaired) electrons. The highest BCUT2D eigenvalue weighted by Crippen LogP contribution is 2.50. The summed E-state index contributed by atoms with van der Waals surface area (Å²) in [6, 6.07) is 68.0. The Morgan fingerprint density at radius 1 is 0.390 bits per heavy atom. The molecular weight excluding hydrogens is 717 g/mol. The first-order valence-electron chi connectivity index (χ1n) is 19.9. The molecule has 0 N–H and O–H groups in total. The fourth-order valence-electron chi connectivity index (χ4n) is 8.39. The van der Waals surface area contributed by atoms with E-state index in [2.05, 4.69) is 164 Å². The summed E-state index contributed by atoms with van der Waals surface area (Å²) in [7, 11) is 0. The van der Waals surface area contributed by atoms with Gasteiger partial charge >= 0.3 is 0 Å². The Labute approximate surface area is 344 Å². The number of fused-ring (bicyclic) bond motifs is 3. The van der Waals surface area contributed by atoms with Gasteiger partial charge in [-0.05, 0) is 110 Å². The normalized spacial score (nSPS) is 12.4. The van der Waals surface area contributed by atoms with Crippen LogP contribution < -0.4 is 0 Å². The van der Waals surface area contributed by atoms with Gasteiger partial charge in [0.15, 0.2) is 5.82 Å². The van der Waals surface area contributed by atoms with Crippen LogP contribution in [0.25, 0.3) is 89.7 Å². The predicted octanol–water partition coefficient (Wildman–Crippen LogP) is 13.7. The molecule has 1 aliphatic rings. The third-order valence-electron chi connectivity index (χ3n) is 11.6. The van der Waals surface area contributed by atoms with Crippen molar-refractivity contribution in [3.05, 3.63) is 211 Å². The first kappa shape index (κ1) is 35.7. The fraction of sp³-hybridized carbons (Fsp3) is 0.0545. The molecule has 4 heteroatoms. The smallest absolute Gasteiger partial charge is 0.160 e. The van der Waals surface area contributed by atoms with Gasteiger partial charge in [0.1, 0.15) is 0 Å². The molecule has 0 atom stereocenters. The van der Waals surface area contributed by atoms with Gasteiger partial charge in [0, 0.05) is 33.9 Å². The molecule has 0 fully saturated rings. The minimum absolute atomic E-state index is 0.266. The highest BCUT2D eigenvalue weighted by Gasteiger charge is 2.36. The van der Waals surface area contributed by atoms with Crippen molar-refractivity contribution in [1.29, 1.82) is 5.26 Å². The number of hydrogen-bond acceptors (Lipinski definition) is 4. The summed E-state index contributed by atoms with van der Waals surface area (Å²) >= 11 is 0. The SMILES string of the molecule is CC1(C)c2cc(C#N)ccc2-c2ccc(-c3cc(-c4ccc(-c5ccccn5)cc4)cc(-c4cc(-c5ccc(-c6ccccc6)cc5)nc(-c5ccccc5)n4)c3)cc21. The molecular formula is C55H38N4. The third kappa shape index (κ3) is 6.69. The Hall–Kier alpha value is -7.74. The number of nitrogens with zero attached hydrogens (tertiary/aromatic N) is 4. The minimum Gasteiger partial charge on any atom is -0.256 e. The summed E-state index contributed by atoms with van der Waals surface area (Å²) in [5.74, 6) is 0.672. The first-order chi connectivity index (χ1) is 28.9. The topological polar surface area (TPSA) is 62.5 Å². The zero-order valence-electron chi connectivity index (χ0n) is 32.8. The first-order valence-corrected chi connectivity index (χ1v) is 19.9. The van der Waals surface area contributed by atoms with E-state index in [1.54, 1.807) is 0 Å². The molecule has 59 heavy (non-hydrogen) atoms. The highest BCUT2D eigenvalue weighted by atomic mass is 14.9. The van der Waals surface area contributed by atoms with Gasteiger partial charge < -0.3 is 0 Å². The van der Waals surface area contributed by atoms with Crippen molar-refractivity contribution in [3.63, 3.8) is 0 Å². The standard InChI is InChI=1S/C55H38N4/c1-55(2)49-29-36(35-56)16-26-47(49)48-27-25-43(33-50(48)55)45-30-44(39-19-21-40(22-20-39)51-15-9-10-28-57-51)31-46(32-45)53-34-52(58-54(59-53)42-13-7-4-8-14-42)41-23-17-38(18-24-41)37-11-5-3-6-12-37/h3-34H,1-2H3. The van der Waals surface area contributed by atoms with Crippen molar-refractivity contribution in [2.24, 2.45) is 0 Å².